The van der Waals surface area contributed by atoms with Crippen LogP contribution in [0.1, 0.15) is 31.7 Å². The number of hydrogen-bond acceptors (Lipinski definition) is 3. The third-order valence-corrected chi connectivity index (χ3v) is 3.88. The molecule has 25 heavy (non-hydrogen) atoms. The van der Waals surface area contributed by atoms with Gasteiger partial charge in [0.05, 0.1) is 12.7 Å². The summed E-state index contributed by atoms with van der Waals surface area (Å²) < 4.78 is 5.13. The van der Waals surface area contributed by atoms with Crippen molar-refractivity contribution >= 4 is 18.0 Å². The predicted octanol–water partition coefficient (Wildman–Crippen LogP) is 3.68. The molecule has 0 saturated carbocycles. The predicted molar refractivity (Wildman–Crippen MR) is 95.1 cm³/mol. The molecule has 0 aliphatic carbocycles. The van der Waals surface area contributed by atoms with Crippen LogP contribution in [0.5, 0.6) is 0 Å². The minimum atomic E-state index is -1.00. The second kappa shape index (κ2) is 8.99. The first-order chi connectivity index (χ1) is 12.0. The smallest absolute Gasteiger partial charge is 0.331 e. The SMILES string of the molecule is CCC(=CC(=Cc1ccccc1)C=C(CCC1CO1)C(=O)O)C(=O)O. The molecule has 0 radical (unpaired) electrons. The van der Waals surface area contributed by atoms with Gasteiger partial charge < -0.3 is 14.9 Å². The molecule has 5 heteroatoms. The largest absolute Gasteiger partial charge is 0.478 e. The number of carboxylic acid groups (broad SMARTS) is 2. The second-order valence-corrected chi connectivity index (χ2v) is 5.85. The first-order valence-corrected chi connectivity index (χ1v) is 8.25. The number of allylic oxidation sites excluding steroid dienone is 3. The highest BCUT2D eigenvalue weighted by molar-refractivity contribution is 5.90. The summed E-state index contributed by atoms with van der Waals surface area (Å²) in [6, 6.07) is 9.39. The lowest BCUT2D eigenvalue weighted by Gasteiger charge is -2.05. The van der Waals surface area contributed by atoms with Crippen LogP contribution in [0.3, 0.4) is 0 Å². The van der Waals surface area contributed by atoms with Gasteiger partial charge in [-0.2, -0.15) is 0 Å². The van der Waals surface area contributed by atoms with Crippen LogP contribution in [-0.2, 0) is 14.3 Å². The zero-order chi connectivity index (χ0) is 18.2. The summed E-state index contributed by atoms with van der Waals surface area (Å²) in [5.41, 5.74) is 1.91. The highest BCUT2D eigenvalue weighted by atomic mass is 16.6. The van der Waals surface area contributed by atoms with E-state index in [2.05, 4.69) is 0 Å². The van der Waals surface area contributed by atoms with Crippen molar-refractivity contribution in [2.45, 2.75) is 32.3 Å². The van der Waals surface area contributed by atoms with E-state index >= 15 is 0 Å². The van der Waals surface area contributed by atoms with Crippen molar-refractivity contribution in [2.75, 3.05) is 6.61 Å². The number of epoxide rings is 1. The molecule has 1 atom stereocenters. The number of hydrogen-bond donors (Lipinski definition) is 2. The van der Waals surface area contributed by atoms with Crippen LogP contribution in [-0.4, -0.2) is 34.9 Å². The summed E-state index contributed by atoms with van der Waals surface area (Å²) in [5.74, 6) is -2.00. The van der Waals surface area contributed by atoms with E-state index in [1.807, 2.05) is 30.3 Å². The van der Waals surface area contributed by atoms with E-state index < -0.39 is 11.9 Å². The summed E-state index contributed by atoms with van der Waals surface area (Å²) in [5, 5.41) is 18.7. The van der Waals surface area contributed by atoms with Crippen molar-refractivity contribution in [3.63, 3.8) is 0 Å². The van der Waals surface area contributed by atoms with Crippen molar-refractivity contribution in [2.24, 2.45) is 0 Å². The maximum absolute atomic E-state index is 11.5. The molecule has 0 spiro atoms. The van der Waals surface area contributed by atoms with Gasteiger partial charge in [0, 0.05) is 11.1 Å². The Morgan fingerprint density at radius 2 is 1.72 bits per heavy atom. The van der Waals surface area contributed by atoms with Crippen molar-refractivity contribution in [3.8, 4) is 0 Å². The molecule has 1 aliphatic heterocycles. The molecule has 1 fully saturated rings. The molecular weight excluding hydrogens is 320 g/mol. The second-order valence-electron chi connectivity index (χ2n) is 5.85. The number of aliphatic carboxylic acids is 2. The van der Waals surface area contributed by atoms with E-state index in [4.69, 9.17) is 4.74 Å². The van der Waals surface area contributed by atoms with Gasteiger partial charge in [-0.05, 0) is 48.6 Å². The molecule has 2 rings (SSSR count). The molecule has 1 heterocycles. The Labute approximate surface area is 146 Å². The number of rotatable bonds is 9. The van der Waals surface area contributed by atoms with Gasteiger partial charge in [-0.15, -0.1) is 0 Å². The maximum atomic E-state index is 11.5. The van der Waals surface area contributed by atoms with Gasteiger partial charge in [-0.1, -0.05) is 37.3 Å². The van der Waals surface area contributed by atoms with Crippen LogP contribution in [0.15, 0.2) is 59.2 Å². The minimum absolute atomic E-state index is 0.144. The minimum Gasteiger partial charge on any atom is -0.478 e. The van der Waals surface area contributed by atoms with E-state index in [9.17, 15) is 19.8 Å². The third kappa shape index (κ3) is 6.39. The summed E-state index contributed by atoms with van der Waals surface area (Å²) in [6.45, 7) is 2.44. The first-order valence-electron chi connectivity index (χ1n) is 8.25. The average molecular weight is 342 g/mol. The zero-order valence-electron chi connectivity index (χ0n) is 14.1. The van der Waals surface area contributed by atoms with Gasteiger partial charge in [-0.25, -0.2) is 9.59 Å². The number of ether oxygens (including phenoxy) is 1. The molecule has 1 unspecified atom stereocenters. The van der Waals surface area contributed by atoms with Gasteiger partial charge in [-0.3, -0.25) is 0 Å². The number of carboxylic acids is 2. The maximum Gasteiger partial charge on any atom is 0.331 e. The lowest BCUT2D eigenvalue weighted by molar-refractivity contribution is -0.133. The average Bonchev–Trinajstić information content (AvgIpc) is 3.40. The Morgan fingerprint density at radius 1 is 1.12 bits per heavy atom. The Bertz CT molecular complexity index is 709. The molecule has 1 aliphatic rings. The highest BCUT2D eigenvalue weighted by Crippen LogP contribution is 2.21. The van der Waals surface area contributed by atoms with Crippen molar-refractivity contribution in [3.05, 3.63) is 64.8 Å². The quantitative estimate of drug-likeness (QED) is 0.406. The van der Waals surface area contributed by atoms with E-state index in [0.717, 1.165) is 5.56 Å². The molecular formula is C20H22O5. The molecule has 0 amide bonds. The van der Waals surface area contributed by atoms with Crippen molar-refractivity contribution in [1.82, 2.24) is 0 Å². The molecule has 1 saturated heterocycles. The monoisotopic (exact) mass is 342 g/mol. The normalized spacial score (nSPS) is 18.1. The van der Waals surface area contributed by atoms with Crippen molar-refractivity contribution in [1.29, 1.82) is 0 Å². The van der Waals surface area contributed by atoms with Crippen molar-refractivity contribution < 1.29 is 24.5 Å². The van der Waals surface area contributed by atoms with Crippen LogP contribution in [0, 0.1) is 0 Å². The summed E-state index contributed by atoms with van der Waals surface area (Å²) in [4.78, 5) is 22.8. The van der Waals surface area contributed by atoms with E-state index in [1.54, 1.807) is 19.1 Å². The topological polar surface area (TPSA) is 87.1 Å². The lowest BCUT2D eigenvalue weighted by atomic mass is 10.0. The standard InChI is InChI=1S/C20H22O5/c1-2-16(19(21)22)11-15(10-14-6-4-3-5-7-14)12-17(20(23)24)8-9-18-13-25-18/h3-7,10-12,18H,2,8-9,13H2,1H3,(H,21,22)(H,23,24). The zero-order valence-corrected chi connectivity index (χ0v) is 14.1. The van der Waals surface area contributed by atoms with Crippen LogP contribution >= 0.6 is 0 Å². The molecule has 0 bridgehead atoms. The summed E-state index contributed by atoms with van der Waals surface area (Å²) in [7, 11) is 0. The molecule has 0 aromatic heterocycles. The Hall–Kier alpha value is -2.66. The fourth-order valence-corrected chi connectivity index (χ4v) is 2.38. The summed E-state index contributed by atoms with van der Waals surface area (Å²) >= 11 is 0. The van der Waals surface area contributed by atoms with E-state index in [-0.39, 0.29) is 17.3 Å². The van der Waals surface area contributed by atoms with E-state index in [1.165, 1.54) is 6.08 Å². The van der Waals surface area contributed by atoms with Crippen LogP contribution in [0.4, 0.5) is 0 Å². The van der Waals surface area contributed by atoms with E-state index in [0.29, 0.717) is 31.4 Å². The van der Waals surface area contributed by atoms with Gasteiger partial charge in [0.1, 0.15) is 0 Å². The van der Waals surface area contributed by atoms with Gasteiger partial charge >= 0.3 is 11.9 Å². The Kier molecular flexibility index (Phi) is 6.71. The van der Waals surface area contributed by atoms with Crippen LogP contribution < -0.4 is 0 Å². The Morgan fingerprint density at radius 3 is 2.24 bits per heavy atom. The van der Waals surface area contributed by atoms with Gasteiger partial charge in [0.25, 0.3) is 0 Å². The number of carbonyl (C=O) groups is 2. The fourth-order valence-electron chi connectivity index (χ4n) is 2.38. The highest BCUT2D eigenvalue weighted by Gasteiger charge is 2.23. The molecule has 2 N–H and O–H groups in total. The molecule has 1 aromatic rings. The third-order valence-electron chi connectivity index (χ3n) is 3.88. The first kappa shape index (κ1) is 18.7. The van der Waals surface area contributed by atoms with Crippen LogP contribution in [0.2, 0.25) is 0 Å². The Balaban J connectivity index is 2.37. The van der Waals surface area contributed by atoms with Crippen LogP contribution in [0.25, 0.3) is 6.08 Å². The lowest BCUT2D eigenvalue weighted by Crippen LogP contribution is -2.04. The fraction of sp³-hybridized carbons (Fsp3) is 0.300. The molecule has 5 nitrogen and oxygen atoms in total. The molecule has 132 valence electrons. The van der Waals surface area contributed by atoms with Gasteiger partial charge in [0.15, 0.2) is 0 Å². The molecule has 1 aromatic carbocycles. The van der Waals surface area contributed by atoms with Gasteiger partial charge in [0.2, 0.25) is 0 Å². The number of benzene rings is 1. The summed E-state index contributed by atoms with van der Waals surface area (Å²) in [6.07, 6.45) is 6.41.